The van der Waals surface area contributed by atoms with Gasteiger partial charge in [0.1, 0.15) is 0 Å². The zero-order valence-corrected chi connectivity index (χ0v) is 9.02. The molecule has 1 aromatic rings. The maximum atomic E-state index is 5.65. The number of anilines is 1. The molecule has 1 fully saturated rings. The van der Waals surface area contributed by atoms with Crippen molar-refractivity contribution in [1.82, 2.24) is 10.3 Å². The van der Waals surface area contributed by atoms with E-state index < -0.39 is 0 Å². The normalized spacial score (nSPS) is 21.3. The van der Waals surface area contributed by atoms with Crippen LogP contribution in [-0.4, -0.2) is 44.4 Å². The Morgan fingerprint density at radius 1 is 1.67 bits per heavy atom. The van der Waals surface area contributed by atoms with Gasteiger partial charge in [-0.05, 0) is 12.1 Å². The van der Waals surface area contributed by atoms with Crippen LogP contribution in [0, 0.1) is 0 Å². The minimum Gasteiger partial charge on any atom is -0.374 e. The molecule has 4 nitrogen and oxygen atoms in total. The second-order valence-corrected chi connectivity index (χ2v) is 3.79. The Morgan fingerprint density at radius 2 is 2.60 bits per heavy atom. The Hall–Kier alpha value is -1.13. The van der Waals surface area contributed by atoms with Crippen molar-refractivity contribution >= 4 is 5.69 Å². The van der Waals surface area contributed by atoms with Gasteiger partial charge < -0.3 is 15.0 Å². The van der Waals surface area contributed by atoms with E-state index in [1.807, 2.05) is 12.3 Å². The van der Waals surface area contributed by atoms with Gasteiger partial charge >= 0.3 is 0 Å². The zero-order chi connectivity index (χ0) is 10.5. The Labute approximate surface area is 90.3 Å². The first-order valence-corrected chi connectivity index (χ1v) is 5.30. The van der Waals surface area contributed by atoms with Gasteiger partial charge in [-0.15, -0.1) is 0 Å². The van der Waals surface area contributed by atoms with Crippen molar-refractivity contribution < 1.29 is 4.74 Å². The number of nitrogens with zero attached hydrogens (tertiary/aromatic N) is 2. The van der Waals surface area contributed by atoms with Crippen LogP contribution in [0.15, 0.2) is 24.5 Å². The fourth-order valence-corrected chi connectivity index (χ4v) is 1.73. The number of pyridine rings is 1. The molecule has 2 heterocycles. The molecule has 82 valence electrons. The highest BCUT2D eigenvalue weighted by molar-refractivity contribution is 5.42. The lowest BCUT2D eigenvalue weighted by molar-refractivity contribution is 0.0340. The number of hydrogen-bond donors (Lipinski definition) is 1. The molecule has 1 N–H and O–H groups in total. The summed E-state index contributed by atoms with van der Waals surface area (Å²) < 4.78 is 5.65. The quantitative estimate of drug-likeness (QED) is 0.783. The van der Waals surface area contributed by atoms with Gasteiger partial charge in [0.15, 0.2) is 0 Å². The monoisotopic (exact) mass is 207 g/mol. The minimum atomic E-state index is 0.281. The maximum Gasteiger partial charge on any atom is 0.0874 e. The molecule has 0 saturated carbocycles. The molecule has 1 aromatic heterocycles. The van der Waals surface area contributed by atoms with Crippen molar-refractivity contribution in [3.05, 3.63) is 24.5 Å². The van der Waals surface area contributed by atoms with Crippen LogP contribution in [0.2, 0.25) is 0 Å². The van der Waals surface area contributed by atoms with Crippen molar-refractivity contribution in [1.29, 1.82) is 0 Å². The van der Waals surface area contributed by atoms with Gasteiger partial charge in [-0.3, -0.25) is 4.98 Å². The SMILES string of the molecule is CN(CC1CNCCO1)c1cccnc1. The lowest BCUT2D eigenvalue weighted by atomic mass is 10.2. The predicted molar refractivity (Wildman–Crippen MR) is 60.1 cm³/mol. The third-order valence-corrected chi connectivity index (χ3v) is 2.57. The number of nitrogens with one attached hydrogen (secondary N) is 1. The fraction of sp³-hybridized carbons (Fsp3) is 0.545. The number of ether oxygens (including phenoxy) is 1. The van der Waals surface area contributed by atoms with E-state index >= 15 is 0 Å². The highest BCUT2D eigenvalue weighted by Crippen LogP contribution is 2.10. The summed E-state index contributed by atoms with van der Waals surface area (Å²) in [7, 11) is 2.06. The van der Waals surface area contributed by atoms with Crippen LogP contribution in [0.5, 0.6) is 0 Å². The van der Waals surface area contributed by atoms with Crippen molar-refractivity contribution in [2.45, 2.75) is 6.10 Å². The van der Waals surface area contributed by atoms with Crippen molar-refractivity contribution in [2.24, 2.45) is 0 Å². The van der Waals surface area contributed by atoms with Gasteiger partial charge in [0.05, 0.1) is 24.6 Å². The average molecular weight is 207 g/mol. The summed E-state index contributed by atoms with van der Waals surface area (Å²) in [6.45, 7) is 3.61. The molecule has 1 saturated heterocycles. The standard InChI is InChI=1S/C11H17N3O/c1-14(10-3-2-4-12-7-10)9-11-8-13-5-6-15-11/h2-4,7,11,13H,5-6,8-9H2,1H3. The topological polar surface area (TPSA) is 37.4 Å². The summed E-state index contributed by atoms with van der Waals surface area (Å²) in [4.78, 5) is 6.27. The molecule has 1 atom stereocenters. The molecule has 4 heteroatoms. The number of morpholine rings is 1. The molecule has 1 aliphatic heterocycles. The van der Waals surface area contributed by atoms with Crippen molar-refractivity contribution in [2.75, 3.05) is 38.2 Å². The van der Waals surface area contributed by atoms with Crippen LogP contribution in [0.25, 0.3) is 0 Å². The number of rotatable bonds is 3. The highest BCUT2D eigenvalue weighted by Gasteiger charge is 2.15. The second kappa shape index (κ2) is 5.09. The van der Waals surface area contributed by atoms with Gasteiger partial charge in [-0.25, -0.2) is 0 Å². The molecule has 0 spiro atoms. The number of likely N-dealkylation sites (N-methyl/N-ethyl adjacent to an activating group) is 1. The average Bonchev–Trinajstić information content (AvgIpc) is 2.31. The molecule has 2 rings (SSSR count). The number of hydrogen-bond acceptors (Lipinski definition) is 4. The molecule has 1 unspecified atom stereocenters. The van der Waals surface area contributed by atoms with Crippen LogP contribution in [0.4, 0.5) is 5.69 Å². The highest BCUT2D eigenvalue weighted by atomic mass is 16.5. The Morgan fingerprint density at radius 3 is 3.27 bits per heavy atom. The fourth-order valence-electron chi connectivity index (χ4n) is 1.73. The summed E-state index contributed by atoms with van der Waals surface area (Å²) in [5, 5.41) is 3.32. The van der Waals surface area contributed by atoms with E-state index in [-0.39, 0.29) is 6.10 Å². The van der Waals surface area contributed by atoms with Crippen LogP contribution < -0.4 is 10.2 Å². The molecule has 0 aliphatic carbocycles. The van der Waals surface area contributed by atoms with E-state index in [0.29, 0.717) is 0 Å². The molecular formula is C11H17N3O. The summed E-state index contributed by atoms with van der Waals surface area (Å²) in [6.07, 6.45) is 3.94. The van der Waals surface area contributed by atoms with E-state index in [1.165, 1.54) is 0 Å². The smallest absolute Gasteiger partial charge is 0.0874 e. The van der Waals surface area contributed by atoms with Crippen LogP contribution in [-0.2, 0) is 4.74 Å². The van der Waals surface area contributed by atoms with Gasteiger partial charge in [0, 0.05) is 32.9 Å². The Bertz CT molecular complexity index is 285. The lowest BCUT2D eigenvalue weighted by Crippen LogP contribution is -2.44. The van der Waals surface area contributed by atoms with Gasteiger partial charge in [-0.2, -0.15) is 0 Å². The zero-order valence-electron chi connectivity index (χ0n) is 9.02. The third-order valence-electron chi connectivity index (χ3n) is 2.57. The first kappa shape index (κ1) is 10.4. The van der Waals surface area contributed by atoms with Gasteiger partial charge in [0.25, 0.3) is 0 Å². The van der Waals surface area contributed by atoms with Gasteiger partial charge in [-0.1, -0.05) is 0 Å². The van der Waals surface area contributed by atoms with Crippen molar-refractivity contribution in [3.8, 4) is 0 Å². The van der Waals surface area contributed by atoms with Crippen molar-refractivity contribution in [3.63, 3.8) is 0 Å². The van der Waals surface area contributed by atoms with Gasteiger partial charge in [0.2, 0.25) is 0 Å². The van der Waals surface area contributed by atoms with E-state index in [1.54, 1.807) is 6.20 Å². The first-order chi connectivity index (χ1) is 7.36. The molecule has 0 radical (unpaired) electrons. The van der Waals surface area contributed by atoms with E-state index in [2.05, 4.69) is 28.3 Å². The van der Waals surface area contributed by atoms with E-state index in [0.717, 1.165) is 31.9 Å². The predicted octanol–water partition coefficient (Wildman–Crippen LogP) is 0.506. The van der Waals surface area contributed by atoms with Crippen LogP contribution in [0.3, 0.4) is 0 Å². The summed E-state index contributed by atoms with van der Waals surface area (Å²) in [5.41, 5.74) is 1.13. The summed E-state index contributed by atoms with van der Waals surface area (Å²) >= 11 is 0. The summed E-state index contributed by atoms with van der Waals surface area (Å²) in [6, 6.07) is 4.01. The molecule has 0 bridgehead atoms. The largest absolute Gasteiger partial charge is 0.374 e. The first-order valence-electron chi connectivity index (χ1n) is 5.30. The minimum absolute atomic E-state index is 0.281. The maximum absolute atomic E-state index is 5.65. The lowest BCUT2D eigenvalue weighted by Gasteiger charge is -2.28. The van der Waals surface area contributed by atoms with E-state index in [4.69, 9.17) is 4.74 Å². The second-order valence-electron chi connectivity index (χ2n) is 3.79. The molecule has 0 amide bonds. The molecule has 15 heavy (non-hydrogen) atoms. The van der Waals surface area contributed by atoms with Crippen LogP contribution >= 0.6 is 0 Å². The van der Waals surface area contributed by atoms with E-state index in [9.17, 15) is 0 Å². The third kappa shape index (κ3) is 2.91. The Balaban J connectivity index is 1.88. The Kier molecular flexibility index (Phi) is 3.53. The molecule has 0 aromatic carbocycles. The summed E-state index contributed by atoms with van der Waals surface area (Å²) in [5.74, 6) is 0. The molecular weight excluding hydrogens is 190 g/mol. The number of aromatic nitrogens is 1. The molecule has 1 aliphatic rings. The van der Waals surface area contributed by atoms with Crippen LogP contribution in [0.1, 0.15) is 0 Å².